The number of nitrogens with two attached hydrogens (primary N) is 1. The summed E-state index contributed by atoms with van der Waals surface area (Å²) in [6, 6.07) is 6.06. The van der Waals surface area contributed by atoms with E-state index in [0.29, 0.717) is 23.8 Å². The first-order chi connectivity index (χ1) is 9.61. The lowest BCUT2D eigenvalue weighted by atomic mass is 10.1. The third-order valence-electron chi connectivity index (χ3n) is 3.04. The van der Waals surface area contributed by atoms with Crippen LogP contribution >= 0.6 is 0 Å². The Hall–Kier alpha value is -2.28. The minimum Gasteiger partial charge on any atom is -0.339 e. The molecule has 0 amide bonds. The Morgan fingerprint density at radius 3 is 2.70 bits per heavy atom. The van der Waals surface area contributed by atoms with Crippen LogP contribution in [0.2, 0.25) is 0 Å². The molecule has 2 rings (SSSR count). The van der Waals surface area contributed by atoms with Crippen molar-refractivity contribution in [2.75, 3.05) is 6.54 Å². The first-order valence-corrected chi connectivity index (χ1v) is 6.40. The van der Waals surface area contributed by atoms with Crippen LogP contribution in [0.25, 0.3) is 11.4 Å². The maximum Gasteiger partial charge on any atom is 0.269 e. The Balaban J connectivity index is 2.13. The number of nitro benzene ring substituents is 1. The molecule has 106 valence electrons. The predicted molar refractivity (Wildman–Crippen MR) is 73.1 cm³/mol. The Morgan fingerprint density at radius 2 is 2.10 bits per heavy atom. The van der Waals surface area contributed by atoms with Crippen molar-refractivity contribution in [1.82, 2.24) is 10.1 Å². The Bertz CT molecular complexity index is 580. The monoisotopic (exact) mass is 276 g/mol. The third-order valence-corrected chi connectivity index (χ3v) is 3.04. The highest BCUT2D eigenvalue weighted by molar-refractivity contribution is 5.56. The highest BCUT2D eigenvalue weighted by Crippen LogP contribution is 2.23. The fraction of sp³-hybridized carbons (Fsp3) is 0.385. The van der Waals surface area contributed by atoms with E-state index in [1.807, 2.05) is 6.92 Å². The molecule has 0 aliphatic rings. The molecule has 7 heteroatoms. The normalized spacial score (nSPS) is 12.3. The Labute approximate surface area is 115 Å². The van der Waals surface area contributed by atoms with Gasteiger partial charge in [-0.3, -0.25) is 10.1 Å². The van der Waals surface area contributed by atoms with Crippen molar-refractivity contribution in [3.63, 3.8) is 0 Å². The molecule has 0 spiro atoms. The maximum absolute atomic E-state index is 10.6. The van der Waals surface area contributed by atoms with Crippen molar-refractivity contribution >= 4 is 5.69 Å². The molecule has 0 aliphatic heterocycles. The minimum absolute atomic E-state index is 0.0359. The van der Waals surface area contributed by atoms with Gasteiger partial charge in [0.05, 0.1) is 4.92 Å². The highest BCUT2D eigenvalue weighted by atomic mass is 16.6. The van der Waals surface area contributed by atoms with E-state index in [4.69, 9.17) is 10.3 Å². The second-order valence-corrected chi connectivity index (χ2v) is 4.59. The van der Waals surface area contributed by atoms with E-state index in [1.165, 1.54) is 12.1 Å². The van der Waals surface area contributed by atoms with Crippen LogP contribution in [0, 0.1) is 10.1 Å². The lowest BCUT2D eigenvalue weighted by Gasteiger charge is -2.03. The van der Waals surface area contributed by atoms with Gasteiger partial charge in [-0.1, -0.05) is 12.1 Å². The van der Waals surface area contributed by atoms with Crippen molar-refractivity contribution in [3.05, 3.63) is 40.3 Å². The summed E-state index contributed by atoms with van der Waals surface area (Å²) in [6.07, 6.45) is 1.79. The fourth-order valence-corrected chi connectivity index (χ4v) is 1.83. The quantitative estimate of drug-likeness (QED) is 0.641. The van der Waals surface area contributed by atoms with E-state index in [-0.39, 0.29) is 11.6 Å². The highest BCUT2D eigenvalue weighted by Gasteiger charge is 2.15. The van der Waals surface area contributed by atoms with Crippen LogP contribution < -0.4 is 5.73 Å². The van der Waals surface area contributed by atoms with Crippen LogP contribution in [0.15, 0.2) is 28.8 Å². The smallest absolute Gasteiger partial charge is 0.269 e. The molecule has 1 heterocycles. The van der Waals surface area contributed by atoms with Crippen LogP contribution in [0.4, 0.5) is 5.69 Å². The fourth-order valence-electron chi connectivity index (χ4n) is 1.83. The molecule has 1 unspecified atom stereocenters. The molecule has 0 fully saturated rings. The van der Waals surface area contributed by atoms with Crippen molar-refractivity contribution in [3.8, 4) is 11.4 Å². The summed E-state index contributed by atoms with van der Waals surface area (Å²) in [5, 5.41) is 14.5. The summed E-state index contributed by atoms with van der Waals surface area (Å²) in [5.74, 6) is 1.15. The Kier molecular flexibility index (Phi) is 4.41. The number of hydrogen-bond acceptors (Lipinski definition) is 6. The molecule has 0 bridgehead atoms. The van der Waals surface area contributed by atoms with Crippen molar-refractivity contribution < 1.29 is 9.45 Å². The molecule has 2 aromatic rings. The van der Waals surface area contributed by atoms with E-state index in [9.17, 15) is 10.1 Å². The number of rotatable bonds is 6. The second kappa shape index (κ2) is 6.25. The molecule has 0 radical (unpaired) electrons. The average Bonchev–Trinajstić information content (AvgIpc) is 2.94. The molecule has 7 nitrogen and oxygen atoms in total. The predicted octanol–water partition coefficient (Wildman–Crippen LogP) is 2.49. The number of nitro groups is 1. The van der Waals surface area contributed by atoms with Gasteiger partial charge >= 0.3 is 0 Å². The zero-order chi connectivity index (χ0) is 14.5. The first-order valence-electron chi connectivity index (χ1n) is 6.40. The number of hydrogen-bond donors (Lipinski definition) is 1. The lowest BCUT2D eigenvalue weighted by Crippen LogP contribution is -2.02. The van der Waals surface area contributed by atoms with Crippen molar-refractivity contribution in [1.29, 1.82) is 0 Å². The van der Waals surface area contributed by atoms with Crippen LogP contribution in [-0.4, -0.2) is 21.6 Å². The van der Waals surface area contributed by atoms with Gasteiger partial charge in [-0.2, -0.15) is 4.98 Å². The Morgan fingerprint density at radius 1 is 1.40 bits per heavy atom. The van der Waals surface area contributed by atoms with E-state index < -0.39 is 4.92 Å². The van der Waals surface area contributed by atoms with Gasteiger partial charge in [0.15, 0.2) is 0 Å². The van der Waals surface area contributed by atoms with E-state index in [0.717, 1.165) is 12.8 Å². The maximum atomic E-state index is 10.6. The molecule has 1 aromatic carbocycles. The number of aromatic nitrogens is 2. The average molecular weight is 276 g/mol. The number of benzene rings is 1. The topological polar surface area (TPSA) is 108 Å². The van der Waals surface area contributed by atoms with E-state index >= 15 is 0 Å². The van der Waals surface area contributed by atoms with E-state index in [2.05, 4.69) is 10.1 Å². The summed E-state index contributed by atoms with van der Waals surface area (Å²) in [4.78, 5) is 14.5. The van der Waals surface area contributed by atoms with Crippen LogP contribution in [-0.2, 0) is 0 Å². The van der Waals surface area contributed by atoms with Crippen molar-refractivity contribution in [2.24, 2.45) is 5.73 Å². The minimum atomic E-state index is -0.444. The number of non-ortho nitro benzene ring substituents is 1. The molecule has 0 saturated heterocycles. The van der Waals surface area contributed by atoms with E-state index in [1.54, 1.807) is 12.1 Å². The van der Waals surface area contributed by atoms with Gasteiger partial charge in [0.25, 0.3) is 5.69 Å². The molecule has 0 aliphatic carbocycles. The van der Waals surface area contributed by atoms with Gasteiger partial charge in [-0.15, -0.1) is 0 Å². The standard InChI is InChI=1S/C13H16N4O3/c1-9(3-2-8-14)13-15-12(16-20-13)10-4-6-11(7-5-10)17(18)19/h4-7,9H,2-3,8,14H2,1H3. The first kappa shape index (κ1) is 14.1. The van der Waals surface area contributed by atoms with Crippen molar-refractivity contribution in [2.45, 2.75) is 25.7 Å². The SMILES string of the molecule is CC(CCCN)c1nc(-c2ccc([N+](=O)[O-])cc2)no1. The summed E-state index contributed by atoms with van der Waals surface area (Å²) in [5.41, 5.74) is 6.20. The summed E-state index contributed by atoms with van der Waals surface area (Å²) in [6.45, 7) is 2.64. The molecular formula is C13H16N4O3. The van der Waals surface area contributed by atoms with Crippen LogP contribution in [0.5, 0.6) is 0 Å². The number of nitrogens with zero attached hydrogens (tertiary/aromatic N) is 3. The van der Waals surface area contributed by atoms with Gasteiger partial charge < -0.3 is 10.3 Å². The van der Waals surface area contributed by atoms with Crippen LogP contribution in [0.3, 0.4) is 0 Å². The van der Waals surface area contributed by atoms with Gasteiger partial charge in [-0.25, -0.2) is 0 Å². The molecular weight excluding hydrogens is 260 g/mol. The summed E-state index contributed by atoms with van der Waals surface area (Å²) >= 11 is 0. The largest absolute Gasteiger partial charge is 0.339 e. The van der Waals surface area contributed by atoms with Gasteiger partial charge in [0.2, 0.25) is 11.7 Å². The van der Waals surface area contributed by atoms with Gasteiger partial charge in [-0.05, 0) is 31.5 Å². The van der Waals surface area contributed by atoms with Gasteiger partial charge in [0, 0.05) is 23.6 Å². The zero-order valence-electron chi connectivity index (χ0n) is 11.2. The summed E-state index contributed by atoms with van der Waals surface area (Å²) < 4.78 is 5.22. The molecule has 1 atom stereocenters. The molecule has 2 N–H and O–H groups in total. The third kappa shape index (κ3) is 3.18. The molecule has 20 heavy (non-hydrogen) atoms. The molecule has 1 aromatic heterocycles. The van der Waals surface area contributed by atoms with Gasteiger partial charge in [0.1, 0.15) is 0 Å². The summed E-state index contributed by atoms with van der Waals surface area (Å²) in [7, 11) is 0. The lowest BCUT2D eigenvalue weighted by molar-refractivity contribution is -0.384. The molecule has 0 saturated carbocycles. The second-order valence-electron chi connectivity index (χ2n) is 4.59. The zero-order valence-corrected chi connectivity index (χ0v) is 11.2. The van der Waals surface area contributed by atoms with Crippen LogP contribution in [0.1, 0.15) is 31.6 Å².